The fraction of sp³-hybridized carbons (Fsp3) is 0.130. The van der Waals surface area contributed by atoms with Gasteiger partial charge in [0, 0.05) is 17.5 Å². The Morgan fingerprint density at radius 1 is 0.967 bits per heavy atom. The van der Waals surface area contributed by atoms with E-state index in [0.29, 0.717) is 12.0 Å². The van der Waals surface area contributed by atoms with Crippen molar-refractivity contribution in [2.75, 3.05) is 5.32 Å². The van der Waals surface area contributed by atoms with E-state index in [2.05, 4.69) is 10.3 Å². The Hall–Kier alpha value is -3.61. The van der Waals surface area contributed by atoms with Crippen LogP contribution in [-0.4, -0.2) is 22.8 Å². The standard InChI is InChI=1S/C23H17F3N2O2/c24-23(25,26)16-8-11-19-18(13-16)21(15-6-9-17(29)10-7-15)27-20(22(30)28-19)12-14-4-2-1-3-5-14/h1-11,13,20,29H,12H2,(H,28,30). The van der Waals surface area contributed by atoms with Crippen LogP contribution in [0.1, 0.15) is 22.3 Å². The molecule has 4 nitrogen and oxygen atoms in total. The third kappa shape index (κ3) is 4.05. The van der Waals surface area contributed by atoms with Gasteiger partial charge in [-0.1, -0.05) is 30.3 Å². The molecule has 0 saturated heterocycles. The van der Waals surface area contributed by atoms with Gasteiger partial charge in [-0.15, -0.1) is 0 Å². The fourth-order valence-electron chi connectivity index (χ4n) is 3.35. The van der Waals surface area contributed by atoms with Gasteiger partial charge in [0.2, 0.25) is 5.91 Å². The molecule has 0 radical (unpaired) electrons. The van der Waals surface area contributed by atoms with Gasteiger partial charge >= 0.3 is 6.18 Å². The Balaban J connectivity index is 1.86. The van der Waals surface area contributed by atoms with Gasteiger partial charge < -0.3 is 10.4 Å². The van der Waals surface area contributed by atoms with Gasteiger partial charge in [0.15, 0.2) is 0 Å². The molecule has 1 aliphatic rings. The minimum Gasteiger partial charge on any atom is -0.508 e. The first-order valence-corrected chi connectivity index (χ1v) is 9.25. The van der Waals surface area contributed by atoms with E-state index in [-0.39, 0.29) is 22.7 Å². The second kappa shape index (κ2) is 7.67. The van der Waals surface area contributed by atoms with Crippen LogP contribution in [0.4, 0.5) is 18.9 Å². The maximum atomic E-state index is 13.3. The average Bonchev–Trinajstić information content (AvgIpc) is 2.85. The Labute approximate surface area is 170 Å². The number of nitrogens with one attached hydrogen (secondary N) is 1. The summed E-state index contributed by atoms with van der Waals surface area (Å²) < 4.78 is 40.0. The first-order chi connectivity index (χ1) is 14.3. The van der Waals surface area contributed by atoms with Crippen LogP contribution in [0, 0.1) is 0 Å². The molecule has 7 heteroatoms. The van der Waals surface area contributed by atoms with E-state index in [1.165, 1.54) is 18.2 Å². The zero-order valence-electron chi connectivity index (χ0n) is 15.6. The lowest BCUT2D eigenvalue weighted by atomic mass is 9.98. The molecule has 0 bridgehead atoms. The molecule has 1 unspecified atom stereocenters. The monoisotopic (exact) mass is 410 g/mol. The van der Waals surface area contributed by atoms with Gasteiger partial charge in [0.05, 0.1) is 17.0 Å². The average molecular weight is 410 g/mol. The predicted molar refractivity (Wildman–Crippen MR) is 108 cm³/mol. The molecule has 0 aromatic heterocycles. The third-order valence-electron chi connectivity index (χ3n) is 4.86. The topological polar surface area (TPSA) is 61.7 Å². The molecule has 1 aliphatic heterocycles. The number of amides is 1. The Bertz CT molecular complexity index is 1110. The van der Waals surface area contributed by atoms with Crippen molar-refractivity contribution in [1.29, 1.82) is 0 Å². The number of rotatable bonds is 3. The van der Waals surface area contributed by atoms with E-state index in [4.69, 9.17) is 0 Å². The van der Waals surface area contributed by atoms with Crippen molar-refractivity contribution in [1.82, 2.24) is 0 Å². The SMILES string of the molecule is O=C1Nc2ccc(C(F)(F)F)cc2C(c2ccc(O)cc2)=NC1Cc1ccccc1. The number of hydrogen-bond acceptors (Lipinski definition) is 3. The van der Waals surface area contributed by atoms with Crippen LogP contribution in [0.5, 0.6) is 5.75 Å². The van der Waals surface area contributed by atoms with Gasteiger partial charge in [0.25, 0.3) is 0 Å². The molecule has 3 aromatic rings. The molecule has 0 fully saturated rings. The van der Waals surface area contributed by atoms with E-state index in [0.717, 1.165) is 17.7 Å². The lowest BCUT2D eigenvalue weighted by Gasteiger charge is -2.14. The normalized spacial score (nSPS) is 16.3. The van der Waals surface area contributed by atoms with Crippen LogP contribution in [0.15, 0.2) is 77.8 Å². The molecular weight excluding hydrogens is 393 g/mol. The number of aromatic hydroxyl groups is 1. The van der Waals surface area contributed by atoms with E-state index >= 15 is 0 Å². The number of anilines is 1. The van der Waals surface area contributed by atoms with Gasteiger partial charge in [-0.2, -0.15) is 13.2 Å². The van der Waals surface area contributed by atoms with Gasteiger partial charge in [0.1, 0.15) is 11.8 Å². The minimum absolute atomic E-state index is 0.0206. The summed E-state index contributed by atoms with van der Waals surface area (Å²) >= 11 is 0. The number of hydrogen-bond donors (Lipinski definition) is 2. The quantitative estimate of drug-likeness (QED) is 0.651. The van der Waals surface area contributed by atoms with Crippen LogP contribution in [0.2, 0.25) is 0 Å². The van der Waals surface area contributed by atoms with Crippen molar-refractivity contribution in [2.45, 2.75) is 18.6 Å². The summed E-state index contributed by atoms with van der Waals surface area (Å²) in [6.07, 6.45) is -4.23. The predicted octanol–water partition coefficient (Wildman–Crippen LogP) is 4.81. The molecule has 2 N–H and O–H groups in total. The highest BCUT2D eigenvalue weighted by atomic mass is 19.4. The zero-order chi connectivity index (χ0) is 21.3. The largest absolute Gasteiger partial charge is 0.508 e. The summed E-state index contributed by atoms with van der Waals surface area (Å²) in [4.78, 5) is 17.4. The maximum Gasteiger partial charge on any atom is 0.416 e. The van der Waals surface area contributed by atoms with Crippen molar-refractivity contribution in [3.8, 4) is 5.75 Å². The van der Waals surface area contributed by atoms with Crippen molar-refractivity contribution >= 4 is 17.3 Å². The number of halogens is 3. The van der Waals surface area contributed by atoms with E-state index < -0.39 is 23.7 Å². The first-order valence-electron chi connectivity index (χ1n) is 9.25. The number of phenols is 1. The maximum absolute atomic E-state index is 13.3. The van der Waals surface area contributed by atoms with Crippen LogP contribution in [-0.2, 0) is 17.4 Å². The molecule has 3 aromatic carbocycles. The van der Waals surface area contributed by atoms with Crippen molar-refractivity contribution < 1.29 is 23.1 Å². The number of phenolic OH excluding ortho intramolecular Hbond substituents is 1. The van der Waals surface area contributed by atoms with Gasteiger partial charge in [-0.25, -0.2) is 0 Å². The highest BCUT2D eigenvalue weighted by Crippen LogP contribution is 2.34. The number of carbonyl (C=O) groups is 1. The van der Waals surface area contributed by atoms with Crippen LogP contribution in [0.25, 0.3) is 0 Å². The van der Waals surface area contributed by atoms with Crippen molar-refractivity contribution in [3.63, 3.8) is 0 Å². The van der Waals surface area contributed by atoms with Gasteiger partial charge in [-0.3, -0.25) is 9.79 Å². The number of nitrogens with zero attached hydrogens (tertiary/aromatic N) is 1. The second-order valence-corrected chi connectivity index (χ2v) is 6.98. The Morgan fingerprint density at radius 3 is 2.33 bits per heavy atom. The van der Waals surface area contributed by atoms with E-state index in [9.17, 15) is 23.1 Å². The van der Waals surface area contributed by atoms with Crippen LogP contribution in [0.3, 0.4) is 0 Å². The summed E-state index contributed by atoms with van der Waals surface area (Å²) in [5.41, 5.74) is 1.25. The number of aliphatic imine (C=N–C) groups is 1. The van der Waals surface area contributed by atoms with Crippen LogP contribution >= 0.6 is 0 Å². The van der Waals surface area contributed by atoms with Crippen molar-refractivity contribution in [3.05, 3.63) is 95.1 Å². The fourth-order valence-corrected chi connectivity index (χ4v) is 3.35. The molecular formula is C23H17F3N2O2. The number of benzodiazepines with no additional fused rings is 1. The third-order valence-corrected chi connectivity index (χ3v) is 4.86. The summed E-state index contributed by atoms with van der Waals surface area (Å²) in [6, 6.07) is 17.6. The summed E-state index contributed by atoms with van der Waals surface area (Å²) in [5.74, 6) is -0.374. The lowest BCUT2D eigenvalue weighted by molar-refractivity contribution is -0.137. The van der Waals surface area contributed by atoms with E-state index in [1.54, 1.807) is 12.1 Å². The first kappa shape index (κ1) is 19.7. The molecule has 1 heterocycles. The summed E-state index contributed by atoms with van der Waals surface area (Å²) in [6.45, 7) is 0. The highest BCUT2D eigenvalue weighted by Gasteiger charge is 2.33. The van der Waals surface area contributed by atoms with E-state index in [1.807, 2.05) is 30.3 Å². The molecule has 152 valence electrons. The molecule has 0 spiro atoms. The molecule has 4 rings (SSSR count). The molecule has 0 aliphatic carbocycles. The lowest BCUT2D eigenvalue weighted by Crippen LogP contribution is -2.27. The minimum atomic E-state index is -4.53. The Kier molecular flexibility index (Phi) is 5.03. The molecule has 1 amide bonds. The smallest absolute Gasteiger partial charge is 0.416 e. The number of benzene rings is 3. The van der Waals surface area contributed by atoms with Crippen LogP contribution < -0.4 is 5.32 Å². The molecule has 0 saturated carbocycles. The molecule has 1 atom stereocenters. The van der Waals surface area contributed by atoms with Crippen molar-refractivity contribution in [2.24, 2.45) is 4.99 Å². The second-order valence-electron chi connectivity index (χ2n) is 6.98. The summed E-state index contributed by atoms with van der Waals surface area (Å²) in [7, 11) is 0. The van der Waals surface area contributed by atoms with Gasteiger partial charge in [-0.05, 0) is 48.0 Å². The summed E-state index contributed by atoms with van der Waals surface area (Å²) in [5, 5.41) is 12.3. The molecule has 30 heavy (non-hydrogen) atoms. The number of alkyl halides is 3. The Morgan fingerprint density at radius 2 is 1.67 bits per heavy atom. The number of carbonyl (C=O) groups excluding carboxylic acids is 1. The zero-order valence-corrected chi connectivity index (χ0v) is 15.6. The number of fused-ring (bicyclic) bond motifs is 1. The highest BCUT2D eigenvalue weighted by molar-refractivity contribution is 6.19.